The van der Waals surface area contributed by atoms with Crippen molar-refractivity contribution < 1.29 is 4.42 Å². The number of aromatic amines is 1. The Labute approximate surface area is 116 Å². The molecule has 2 heterocycles. The first-order chi connectivity index (χ1) is 9.66. The summed E-state index contributed by atoms with van der Waals surface area (Å²) in [5.74, 6) is 1.59. The van der Waals surface area contributed by atoms with Crippen LogP contribution in [0.3, 0.4) is 0 Å². The summed E-state index contributed by atoms with van der Waals surface area (Å²) in [4.78, 5) is 0. The molecule has 0 saturated carbocycles. The van der Waals surface area contributed by atoms with Gasteiger partial charge >= 0.3 is 0 Å². The van der Waals surface area contributed by atoms with Gasteiger partial charge < -0.3 is 4.42 Å². The summed E-state index contributed by atoms with van der Waals surface area (Å²) in [6.45, 7) is 6.15. The summed E-state index contributed by atoms with van der Waals surface area (Å²) < 4.78 is 5.95. The Hall–Kier alpha value is -2.21. The van der Waals surface area contributed by atoms with Gasteiger partial charge in [-0.1, -0.05) is 23.4 Å². The largest absolute Gasteiger partial charge is 0.459 e. The topological polar surface area (TPSA) is 79.6 Å². The molecule has 104 valence electrons. The lowest BCUT2D eigenvalue weighted by Crippen LogP contribution is -2.23. The second-order valence-electron chi connectivity index (χ2n) is 4.97. The average Bonchev–Trinajstić information content (AvgIpc) is 3.07. The fraction of sp³-hybridized carbons (Fsp3) is 0.357. The third-order valence-electron chi connectivity index (χ3n) is 3.52. The zero-order chi connectivity index (χ0) is 14.1. The van der Waals surface area contributed by atoms with E-state index >= 15 is 0 Å². The molecule has 20 heavy (non-hydrogen) atoms. The molecule has 0 aliphatic carbocycles. The van der Waals surface area contributed by atoms with Crippen LogP contribution in [-0.2, 0) is 0 Å². The second kappa shape index (κ2) is 5.05. The van der Waals surface area contributed by atoms with E-state index in [4.69, 9.17) is 4.42 Å². The highest BCUT2D eigenvalue weighted by Gasteiger charge is 2.20. The Morgan fingerprint density at radius 1 is 1.20 bits per heavy atom. The Morgan fingerprint density at radius 2 is 2.00 bits per heavy atom. The van der Waals surface area contributed by atoms with Gasteiger partial charge in [-0.2, -0.15) is 5.21 Å². The molecule has 0 saturated heterocycles. The smallest absolute Gasteiger partial charge is 0.191 e. The highest BCUT2D eigenvalue weighted by atomic mass is 16.3. The molecule has 2 atom stereocenters. The van der Waals surface area contributed by atoms with E-state index in [1.165, 1.54) is 5.56 Å². The van der Waals surface area contributed by atoms with Crippen LogP contribution in [0.4, 0.5) is 0 Å². The van der Waals surface area contributed by atoms with Gasteiger partial charge in [0.2, 0.25) is 0 Å². The zero-order valence-electron chi connectivity index (χ0n) is 11.7. The average molecular weight is 271 g/mol. The van der Waals surface area contributed by atoms with Gasteiger partial charge in [0.1, 0.15) is 11.3 Å². The van der Waals surface area contributed by atoms with Gasteiger partial charge in [-0.05, 0) is 32.4 Å². The van der Waals surface area contributed by atoms with Crippen LogP contribution in [0.2, 0.25) is 0 Å². The monoisotopic (exact) mass is 271 g/mol. The summed E-state index contributed by atoms with van der Waals surface area (Å²) in [5.41, 5.74) is 2.08. The molecule has 3 rings (SSSR count). The maximum Gasteiger partial charge on any atom is 0.191 e. The van der Waals surface area contributed by atoms with Crippen LogP contribution in [0.1, 0.15) is 43.1 Å². The van der Waals surface area contributed by atoms with E-state index < -0.39 is 0 Å². The summed E-state index contributed by atoms with van der Waals surface area (Å²) in [6, 6.07) is 8.13. The summed E-state index contributed by atoms with van der Waals surface area (Å²) in [5, 5.41) is 18.6. The Kier molecular flexibility index (Phi) is 3.23. The van der Waals surface area contributed by atoms with Crippen molar-refractivity contribution in [1.29, 1.82) is 0 Å². The first-order valence-corrected chi connectivity index (χ1v) is 6.64. The van der Waals surface area contributed by atoms with Crippen LogP contribution in [0.15, 0.2) is 28.7 Å². The molecule has 6 nitrogen and oxygen atoms in total. The number of hydrogen-bond acceptors (Lipinski definition) is 5. The SMILES string of the molecule is Cc1c(C(C)NC(C)c2nn[nH]n2)oc2ccccc12. The highest BCUT2D eigenvalue weighted by molar-refractivity contribution is 5.82. The number of aromatic nitrogens is 4. The molecule has 0 aliphatic rings. The van der Waals surface area contributed by atoms with Crippen LogP contribution in [0.5, 0.6) is 0 Å². The number of aryl methyl sites for hydroxylation is 1. The maximum atomic E-state index is 5.95. The van der Waals surface area contributed by atoms with Crippen molar-refractivity contribution in [2.45, 2.75) is 32.9 Å². The van der Waals surface area contributed by atoms with E-state index in [0.717, 1.165) is 16.7 Å². The first-order valence-electron chi connectivity index (χ1n) is 6.64. The number of para-hydroxylation sites is 1. The molecular weight excluding hydrogens is 254 g/mol. The van der Waals surface area contributed by atoms with Crippen LogP contribution >= 0.6 is 0 Å². The van der Waals surface area contributed by atoms with E-state index in [0.29, 0.717) is 5.82 Å². The number of furan rings is 1. The molecule has 0 bridgehead atoms. The Balaban J connectivity index is 1.85. The number of H-pyrrole nitrogens is 1. The third-order valence-corrected chi connectivity index (χ3v) is 3.52. The summed E-state index contributed by atoms with van der Waals surface area (Å²) in [7, 11) is 0. The van der Waals surface area contributed by atoms with Gasteiger partial charge in [-0.15, -0.1) is 10.2 Å². The number of benzene rings is 1. The molecular formula is C14H17N5O. The lowest BCUT2D eigenvalue weighted by Gasteiger charge is -2.16. The first kappa shape index (κ1) is 12.8. The Morgan fingerprint density at radius 3 is 2.70 bits per heavy atom. The fourth-order valence-electron chi connectivity index (χ4n) is 2.48. The molecule has 0 fully saturated rings. The minimum Gasteiger partial charge on any atom is -0.459 e. The van der Waals surface area contributed by atoms with E-state index in [1.807, 2.05) is 25.1 Å². The molecule has 3 aromatic rings. The number of hydrogen-bond donors (Lipinski definition) is 2. The Bertz CT molecular complexity index is 704. The second-order valence-corrected chi connectivity index (χ2v) is 4.97. The normalized spacial score (nSPS) is 14.6. The van der Waals surface area contributed by atoms with Gasteiger partial charge in [0.15, 0.2) is 5.82 Å². The zero-order valence-corrected chi connectivity index (χ0v) is 11.7. The van der Waals surface area contributed by atoms with Crippen molar-refractivity contribution in [3.63, 3.8) is 0 Å². The van der Waals surface area contributed by atoms with Crippen molar-refractivity contribution in [1.82, 2.24) is 25.9 Å². The molecule has 1 aromatic carbocycles. The van der Waals surface area contributed by atoms with Gasteiger partial charge in [0.05, 0.1) is 12.1 Å². The highest BCUT2D eigenvalue weighted by Crippen LogP contribution is 2.30. The summed E-state index contributed by atoms with van der Waals surface area (Å²) >= 11 is 0. The molecule has 0 amide bonds. The number of fused-ring (bicyclic) bond motifs is 1. The summed E-state index contributed by atoms with van der Waals surface area (Å²) in [6.07, 6.45) is 0. The quantitative estimate of drug-likeness (QED) is 0.762. The van der Waals surface area contributed by atoms with Gasteiger partial charge in [-0.25, -0.2) is 0 Å². The van der Waals surface area contributed by atoms with Gasteiger partial charge in [0, 0.05) is 5.39 Å². The van der Waals surface area contributed by atoms with Crippen LogP contribution < -0.4 is 5.32 Å². The van der Waals surface area contributed by atoms with Crippen molar-refractivity contribution in [2.75, 3.05) is 0 Å². The lowest BCUT2D eigenvalue weighted by molar-refractivity contribution is 0.407. The predicted molar refractivity (Wildman–Crippen MR) is 75.1 cm³/mol. The van der Waals surface area contributed by atoms with Crippen molar-refractivity contribution >= 4 is 11.0 Å². The minimum absolute atomic E-state index is 0.00337. The van der Waals surface area contributed by atoms with E-state index in [2.05, 4.69) is 45.9 Å². The number of tetrazole rings is 1. The molecule has 0 aliphatic heterocycles. The van der Waals surface area contributed by atoms with Crippen molar-refractivity contribution in [3.8, 4) is 0 Å². The number of nitrogens with one attached hydrogen (secondary N) is 2. The van der Waals surface area contributed by atoms with Crippen molar-refractivity contribution in [2.24, 2.45) is 0 Å². The van der Waals surface area contributed by atoms with Gasteiger partial charge in [-0.3, -0.25) is 5.32 Å². The van der Waals surface area contributed by atoms with Crippen molar-refractivity contribution in [3.05, 3.63) is 41.4 Å². The van der Waals surface area contributed by atoms with E-state index in [9.17, 15) is 0 Å². The maximum absolute atomic E-state index is 5.95. The lowest BCUT2D eigenvalue weighted by atomic mass is 10.1. The number of nitrogens with zero attached hydrogens (tertiary/aromatic N) is 3. The number of rotatable bonds is 4. The molecule has 2 N–H and O–H groups in total. The fourth-order valence-corrected chi connectivity index (χ4v) is 2.48. The molecule has 0 radical (unpaired) electrons. The molecule has 6 heteroatoms. The standard InChI is InChI=1S/C14H17N5O/c1-8-11-6-4-5-7-12(11)20-13(8)9(2)15-10(3)14-16-18-19-17-14/h4-7,9-10,15H,1-3H3,(H,16,17,18,19). The predicted octanol–water partition coefficient (Wildman–Crippen LogP) is 2.67. The molecule has 0 spiro atoms. The van der Waals surface area contributed by atoms with Crippen LogP contribution in [-0.4, -0.2) is 20.6 Å². The minimum atomic E-state index is -0.00337. The van der Waals surface area contributed by atoms with Gasteiger partial charge in [0.25, 0.3) is 0 Å². The van der Waals surface area contributed by atoms with E-state index in [1.54, 1.807) is 0 Å². The third kappa shape index (κ3) is 2.18. The van der Waals surface area contributed by atoms with Crippen LogP contribution in [0.25, 0.3) is 11.0 Å². The molecule has 2 aromatic heterocycles. The van der Waals surface area contributed by atoms with Crippen LogP contribution in [0, 0.1) is 6.92 Å². The van der Waals surface area contributed by atoms with E-state index in [-0.39, 0.29) is 12.1 Å². The molecule has 2 unspecified atom stereocenters.